The van der Waals surface area contributed by atoms with Gasteiger partial charge in [0.2, 0.25) is 0 Å². The molecule has 0 aliphatic carbocycles. The third-order valence-electron chi connectivity index (χ3n) is 3.05. The maximum absolute atomic E-state index is 11.7. The molecule has 1 amide bonds. The van der Waals surface area contributed by atoms with Crippen molar-refractivity contribution in [3.05, 3.63) is 29.8 Å². The van der Waals surface area contributed by atoms with E-state index in [1.807, 2.05) is 0 Å². The van der Waals surface area contributed by atoms with Crippen LogP contribution < -0.4 is 10.6 Å². The highest BCUT2D eigenvalue weighted by molar-refractivity contribution is 5.94. The lowest BCUT2D eigenvalue weighted by atomic mass is 10.1. The summed E-state index contributed by atoms with van der Waals surface area (Å²) in [5.74, 6) is -0.00555. The van der Waals surface area contributed by atoms with Crippen molar-refractivity contribution in [3.8, 4) is 5.75 Å². The Morgan fingerprint density at radius 3 is 3.12 bits per heavy atom. The second-order valence-corrected chi connectivity index (χ2v) is 4.39. The van der Waals surface area contributed by atoms with Gasteiger partial charge in [-0.25, -0.2) is 0 Å². The highest BCUT2D eigenvalue weighted by Gasteiger charge is 2.13. The van der Waals surface area contributed by atoms with Crippen LogP contribution in [0, 0.1) is 0 Å². The van der Waals surface area contributed by atoms with Gasteiger partial charge in [0.1, 0.15) is 5.75 Å². The van der Waals surface area contributed by atoms with Crippen LogP contribution in [0.3, 0.4) is 0 Å². The predicted molar refractivity (Wildman–Crippen MR) is 66.1 cm³/mol. The van der Waals surface area contributed by atoms with Crippen molar-refractivity contribution >= 4 is 5.91 Å². The van der Waals surface area contributed by atoms with Crippen LogP contribution in [-0.4, -0.2) is 30.1 Å². The highest BCUT2D eigenvalue weighted by Crippen LogP contribution is 2.11. The van der Waals surface area contributed by atoms with E-state index in [1.54, 1.807) is 18.2 Å². The van der Waals surface area contributed by atoms with Gasteiger partial charge in [0.25, 0.3) is 5.91 Å². The molecule has 1 aromatic rings. The number of nitrogens with one attached hydrogen (secondary N) is 2. The number of phenols is 1. The van der Waals surface area contributed by atoms with Gasteiger partial charge in [-0.15, -0.1) is 0 Å². The van der Waals surface area contributed by atoms with Crippen LogP contribution in [0.2, 0.25) is 0 Å². The molecule has 92 valence electrons. The second-order valence-electron chi connectivity index (χ2n) is 4.39. The third-order valence-corrected chi connectivity index (χ3v) is 3.05. The fraction of sp³-hybridized carbons (Fsp3) is 0.462. The zero-order chi connectivity index (χ0) is 12.1. The van der Waals surface area contributed by atoms with Gasteiger partial charge >= 0.3 is 0 Å². The van der Waals surface area contributed by atoms with Crippen molar-refractivity contribution in [1.29, 1.82) is 0 Å². The average Bonchev–Trinajstić information content (AvgIpc) is 2.82. The third kappa shape index (κ3) is 3.46. The van der Waals surface area contributed by atoms with Crippen molar-refractivity contribution in [2.45, 2.75) is 25.3 Å². The van der Waals surface area contributed by atoms with Crippen molar-refractivity contribution in [2.75, 3.05) is 13.1 Å². The molecule has 1 aliphatic heterocycles. The maximum Gasteiger partial charge on any atom is 0.251 e. The zero-order valence-electron chi connectivity index (χ0n) is 9.78. The molecule has 0 spiro atoms. The van der Waals surface area contributed by atoms with Crippen molar-refractivity contribution in [2.24, 2.45) is 0 Å². The van der Waals surface area contributed by atoms with Crippen LogP contribution in [0.15, 0.2) is 24.3 Å². The van der Waals surface area contributed by atoms with Crippen LogP contribution in [0.1, 0.15) is 29.6 Å². The number of hydrogen-bond donors (Lipinski definition) is 3. The molecule has 0 aromatic heterocycles. The lowest BCUT2D eigenvalue weighted by Gasteiger charge is -2.10. The first-order valence-corrected chi connectivity index (χ1v) is 6.06. The Labute approximate surface area is 101 Å². The van der Waals surface area contributed by atoms with Crippen molar-refractivity contribution in [3.63, 3.8) is 0 Å². The molecule has 0 unspecified atom stereocenters. The van der Waals surface area contributed by atoms with E-state index >= 15 is 0 Å². The SMILES string of the molecule is O=C(NCC[C@H]1CCCN1)c1cccc(O)c1. The topological polar surface area (TPSA) is 61.4 Å². The fourth-order valence-corrected chi connectivity index (χ4v) is 2.11. The Morgan fingerprint density at radius 1 is 1.53 bits per heavy atom. The van der Waals surface area contributed by atoms with Crippen LogP contribution in [0.4, 0.5) is 0 Å². The van der Waals surface area contributed by atoms with E-state index in [9.17, 15) is 9.90 Å². The monoisotopic (exact) mass is 234 g/mol. The molecule has 1 atom stereocenters. The number of amides is 1. The van der Waals surface area contributed by atoms with E-state index in [0.29, 0.717) is 18.2 Å². The van der Waals surface area contributed by atoms with Crippen LogP contribution in [0.25, 0.3) is 0 Å². The smallest absolute Gasteiger partial charge is 0.251 e. The second kappa shape index (κ2) is 5.68. The number of hydrogen-bond acceptors (Lipinski definition) is 3. The molecule has 1 fully saturated rings. The van der Waals surface area contributed by atoms with Crippen molar-refractivity contribution < 1.29 is 9.90 Å². The Balaban J connectivity index is 1.77. The maximum atomic E-state index is 11.7. The summed E-state index contributed by atoms with van der Waals surface area (Å²) in [6.45, 7) is 1.76. The quantitative estimate of drug-likeness (QED) is 0.735. The van der Waals surface area contributed by atoms with E-state index in [1.165, 1.54) is 18.9 Å². The standard InChI is InChI=1S/C13H18N2O2/c16-12-5-1-3-10(9-12)13(17)15-8-6-11-4-2-7-14-11/h1,3,5,9,11,14,16H,2,4,6-8H2,(H,15,17)/t11-/m1/s1. The number of rotatable bonds is 4. The molecule has 0 saturated carbocycles. The van der Waals surface area contributed by atoms with Gasteiger partial charge in [0, 0.05) is 18.2 Å². The molecule has 1 heterocycles. The van der Waals surface area contributed by atoms with E-state index in [-0.39, 0.29) is 11.7 Å². The van der Waals surface area contributed by atoms with Gasteiger partial charge in [-0.1, -0.05) is 6.07 Å². The summed E-state index contributed by atoms with van der Waals surface area (Å²) in [5, 5.41) is 15.5. The lowest BCUT2D eigenvalue weighted by molar-refractivity contribution is 0.0952. The number of carbonyl (C=O) groups is 1. The highest BCUT2D eigenvalue weighted by atomic mass is 16.3. The predicted octanol–water partition coefficient (Wildman–Crippen LogP) is 1.26. The molecule has 17 heavy (non-hydrogen) atoms. The summed E-state index contributed by atoms with van der Waals surface area (Å²) in [6.07, 6.45) is 3.39. The van der Waals surface area contributed by atoms with Gasteiger partial charge in [-0.2, -0.15) is 0 Å². The molecule has 1 aliphatic rings. The Kier molecular flexibility index (Phi) is 3.98. The Morgan fingerprint density at radius 2 is 2.41 bits per heavy atom. The number of aromatic hydroxyl groups is 1. The number of benzene rings is 1. The van der Waals surface area contributed by atoms with Crippen LogP contribution in [-0.2, 0) is 0 Å². The van der Waals surface area contributed by atoms with Gasteiger partial charge in [-0.05, 0) is 44.0 Å². The molecular formula is C13H18N2O2. The van der Waals surface area contributed by atoms with E-state index < -0.39 is 0 Å². The van der Waals surface area contributed by atoms with Gasteiger partial charge < -0.3 is 15.7 Å². The fourth-order valence-electron chi connectivity index (χ4n) is 2.11. The van der Waals surface area contributed by atoms with E-state index in [0.717, 1.165) is 13.0 Å². The van der Waals surface area contributed by atoms with E-state index in [2.05, 4.69) is 10.6 Å². The molecule has 1 saturated heterocycles. The Hall–Kier alpha value is -1.55. The van der Waals surface area contributed by atoms with E-state index in [4.69, 9.17) is 0 Å². The molecule has 2 rings (SSSR count). The zero-order valence-corrected chi connectivity index (χ0v) is 9.78. The molecule has 4 heteroatoms. The number of carbonyl (C=O) groups excluding carboxylic acids is 1. The first-order valence-electron chi connectivity index (χ1n) is 6.06. The van der Waals surface area contributed by atoms with Crippen molar-refractivity contribution in [1.82, 2.24) is 10.6 Å². The van der Waals surface area contributed by atoms with Gasteiger partial charge in [0.05, 0.1) is 0 Å². The molecule has 0 radical (unpaired) electrons. The molecule has 3 N–H and O–H groups in total. The minimum absolute atomic E-state index is 0.120. The van der Waals surface area contributed by atoms with Gasteiger partial charge in [-0.3, -0.25) is 4.79 Å². The summed E-state index contributed by atoms with van der Waals surface area (Å²) in [5.41, 5.74) is 0.504. The van der Waals surface area contributed by atoms with Crippen LogP contribution in [0.5, 0.6) is 5.75 Å². The first-order chi connectivity index (χ1) is 8.25. The largest absolute Gasteiger partial charge is 0.508 e. The summed E-state index contributed by atoms with van der Waals surface area (Å²) in [6, 6.07) is 6.94. The summed E-state index contributed by atoms with van der Waals surface area (Å²) < 4.78 is 0. The summed E-state index contributed by atoms with van der Waals surface area (Å²) in [7, 11) is 0. The minimum Gasteiger partial charge on any atom is -0.508 e. The normalized spacial score (nSPS) is 19.2. The Bertz CT molecular complexity index is 387. The summed E-state index contributed by atoms with van der Waals surface area (Å²) >= 11 is 0. The molecule has 0 bridgehead atoms. The molecular weight excluding hydrogens is 216 g/mol. The average molecular weight is 234 g/mol. The number of phenolic OH excluding ortho intramolecular Hbond substituents is 1. The van der Waals surface area contributed by atoms with Crippen LogP contribution >= 0.6 is 0 Å². The molecule has 1 aromatic carbocycles. The molecule has 4 nitrogen and oxygen atoms in total. The summed E-state index contributed by atoms with van der Waals surface area (Å²) in [4.78, 5) is 11.7. The first kappa shape index (κ1) is 11.9. The lowest BCUT2D eigenvalue weighted by Crippen LogP contribution is -2.30. The van der Waals surface area contributed by atoms with Gasteiger partial charge in [0.15, 0.2) is 0 Å². The minimum atomic E-state index is -0.126.